The third-order valence-corrected chi connectivity index (χ3v) is 1.75. The van der Waals surface area contributed by atoms with Gasteiger partial charge in [0.05, 0.1) is 0 Å². The first-order valence-corrected chi connectivity index (χ1v) is 4.68. The van der Waals surface area contributed by atoms with Crippen molar-refractivity contribution in [2.24, 2.45) is 0 Å². The van der Waals surface area contributed by atoms with Gasteiger partial charge in [-0.1, -0.05) is 32.6 Å². The number of rotatable bonds is 7. The monoisotopic (exact) mass is 173 g/mol. The first-order valence-electron chi connectivity index (χ1n) is 4.68. The number of unbranched alkanes of at least 4 members (excludes halogenated alkanes) is 4. The molecule has 2 N–H and O–H groups in total. The Kier molecular flexibility index (Phi) is 8.12. The molecule has 0 aromatic carbocycles. The second-order valence-electron chi connectivity index (χ2n) is 2.92. The summed E-state index contributed by atoms with van der Waals surface area (Å²) >= 11 is 0. The Balaban J connectivity index is 2.95. The lowest BCUT2D eigenvalue weighted by molar-refractivity contribution is -0.123. The summed E-state index contributed by atoms with van der Waals surface area (Å²) in [7, 11) is 0. The van der Waals surface area contributed by atoms with Gasteiger partial charge in [-0.15, -0.1) is 0 Å². The van der Waals surface area contributed by atoms with Crippen LogP contribution in [-0.4, -0.2) is 24.2 Å². The summed E-state index contributed by atoms with van der Waals surface area (Å²) in [6, 6.07) is 0. The van der Waals surface area contributed by atoms with Crippen LogP contribution in [0.5, 0.6) is 0 Å². The van der Waals surface area contributed by atoms with Gasteiger partial charge in [-0.05, 0) is 6.42 Å². The highest BCUT2D eigenvalue weighted by molar-refractivity contribution is 5.76. The Morgan fingerprint density at radius 3 is 2.50 bits per heavy atom. The maximum absolute atomic E-state index is 10.5. The van der Waals surface area contributed by atoms with Crippen molar-refractivity contribution in [2.45, 2.75) is 39.0 Å². The van der Waals surface area contributed by atoms with E-state index in [0.717, 1.165) is 6.42 Å². The highest BCUT2D eigenvalue weighted by atomic mass is 16.3. The molecular weight excluding hydrogens is 154 g/mol. The van der Waals surface area contributed by atoms with Gasteiger partial charge in [0.1, 0.15) is 6.61 Å². The standard InChI is InChI=1S/C9H19NO2/c1-2-3-4-5-6-7-10-9(12)8-11/h11H,2-8H2,1H3,(H,10,12). The second-order valence-corrected chi connectivity index (χ2v) is 2.92. The lowest BCUT2D eigenvalue weighted by Crippen LogP contribution is -2.26. The van der Waals surface area contributed by atoms with E-state index in [4.69, 9.17) is 5.11 Å². The minimum absolute atomic E-state index is 0.273. The first-order chi connectivity index (χ1) is 5.81. The van der Waals surface area contributed by atoms with Crippen molar-refractivity contribution in [3.8, 4) is 0 Å². The number of hydrogen-bond donors (Lipinski definition) is 2. The maximum atomic E-state index is 10.5. The van der Waals surface area contributed by atoms with Crippen LogP contribution < -0.4 is 5.32 Å². The van der Waals surface area contributed by atoms with E-state index in [9.17, 15) is 4.79 Å². The fourth-order valence-corrected chi connectivity index (χ4v) is 1.01. The summed E-state index contributed by atoms with van der Waals surface area (Å²) < 4.78 is 0. The summed E-state index contributed by atoms with van der Waals surface area (Å²) in [5.41, 5.74) is 0. The third kappa shape index (κ3) is 7.54. The Bertz CT molecular complexity index is 115. The smallest absolute Gasteiger partial charge is 0.245 e. The van der Waals surface area contributed by atoms with Gasteiger partial charge < -0.3 is 10.4 Å². The molecule has 0 aliphatic heterocycles. The zero-order chi connectivity index (χ0) is 9.23. The molecule has 0 aliphatic rings. The van der Waals surface area contributed by atoms with Crippen LogP contribution in [0.4, 0.5) is 0 Å². The fraction of sp³-hybridized carbons (Fsp3) is 0.889. The highest BCUT2D eigenvalue weighted by Gasteiger charge is 1.95. The van der Waals surface area contributed by atoms with E-state index in [1.165, 1.54) is 25.7 Å². The van der Waals surface area contributed by atoms with Crippen molar-refractivity contribution in [1.82, 2.24) is 5.32 Å². The number of carbonyl (C=O) groups excluding carboxylic acids is 1. The van der Waals surface area contributed by atoms with E-state index in [-0.39, 0.29) is 5.91 Å². The quantitative estimate of drug-likeness (QED) is 0.566. The predicted molar refractivity (Wildman–Crippen MR) is 48.9 cm³/mol. The molecule has 0 spiro atoms. The summed E-state index contributed by atoms with van der Waals surface area (Å²) in [6.45, 7) is 2.48. The maximum Gasteiger partial charge on any atom is 0.245 e. The van der Waals surface area contributed by atoms with Crippen molar-refractivity contribution in [2.75, 3.05) is 13.2 Å². The normalized spacial score (nSPS) is 9.83. The van der Waals surface area contributed by atoms with E-state index >= 15 is 0 Å². The molecule has 0 aromatic rings. The number of carbonyl (C=O) groups is 1. The molecule has 0 unspecified atom stereocenters. The highest BCUT2D eigenvalue weighted by Crippen LogP contribution is 2.00. The second kappa shape index (κ2) is 8.53. The summed E-state index contributed by atoms with van der Waals surface area (Å²) in [5.74, 6) is -0.273. The molecule has 0 saturated carbocycles. The molecule has 72 valence electrons. The van der Waals surface area contributed by atoms with E-state index in [2.05, 4.69) is 12.2 Å². The first kappa shape index (κ1) is 11.4. The zero-order valence-corrected chi connectivity index (χ0v) is 7.81. The van der Waals surface area contributed by atoms with Crippen molar-refractivity contribution < 1.29 is 9.90 Å². The molecule has 0 atom stereocenters. The van der Waals surface area contributed by atoms with Crippen LogP contribution in [-0.2, 0) is 4.79 Å². The van der Waals surface area contributed by atoms with Crippen LogP contribution in [0.3, 0.4) is 0 Å². The van der Waals surface area contributed by atoms with E-state index < -0.39 is 6.61 Å². The van der Waals surface area contributed by atoms with Crippen LogP contribution in [0.2, 0.25) is 0 Å². The predicted octanol–water partition coefficient (Wildman–Crippen LogP) is 1.07. The Hall–Kier alpha value is -0.570. The van der Waals surface area contributed by atoms with Crippen LogP contribution >= 0.6 is 0 Å². The molecule has 0 saturated heterocycles. The lowest BCUT2D eigenvalue weighted by Gasteiger charge is -2.01. The molecule has 0 heterocycles. The zero-order valence-electron chi connectivity index (χ0n) is 7.81. The molecule has 1 amide bonds. The van der Waals surface area contributed by atoms with Gasteiger partial charge in [-0.25, -0.2) is 0 Å². The van der Waals surface area contributed by atoms with E-state index in [1.807, 2.05) is 0 Å². The van der Waals surface area contributed by atoms with Crippen LogP contribution in [0.15, 0.2) is 0 Å². The summed E-state index contributed by atoms with van der Waals surface area (Å²) in [6.07, 6.45) is 5.94. The number of nitrogens with one attached hydrogen (secondary N) is 1. The molecule has 0 fully saturated rings. The topological polar surface area (TPSA) is 49.3 Å². The number of hydrogen-bond acceptors (Lipinski definition) is 2. The average molecular weight is 173 g/mol. The van der Waals surface area contributed by atoms with Gasteiger partial charge in [0, 0.05) is 6.54 Å². The van der Waals surface area contributed by atoms with Crippen molar-refractivity contribution in [3.05, 3.63) is 0 Å². The fourth-order valence-electron chi connectivity index (χ4n) is 1.01. The van der Waals surface area contributed by atoms with Crippen LogP contribution in [0.25, 0.3) is 0 Å². The molecular formula is C9H19NO2. The van der Waals surface area contributed by atoms with Crippen molar-refractivity contribution in [1.29, 1.82) is 0 Å². The number of aliphatic hydroxyl groups excluding tert-OH is 1. The largest absolute Gasteiger partial charge is 0.387 e. The Morgan fingerprint density at radius 1 is 1.25 bits per heavy atom. The average Bonchev–Trinajstić information content (AvgIpc) is 2.10. The molecule has 0 aromatic heterocycles. The Labute approximate surface area is 74.2 Å². The van der Waals surface area contributed by atoms with Crippen LogP contribution in [0, 0.1) is 0 Å². The summed E-state index contributed by atoms with van der Waals surface area (Å²) in [5, 5.41) is 11.0. The molecule has 12 heavy (non-hydrogen) atoms. The molecule has 0 bridgehead atoms. The van der Waals surface area contributed by atoms with E-state index in [0.29, 0.717) is 6.54 Å². The molecule has 0 radical (unpaired) electrons. The summed E-state index contributed by atoms with van der Waals surface area (Å²) in [4.78, 5) is 10.5. The van der Waals surface area contributed by atoms with Gasteiger partial charge in [-0.2, -0.15) is 0 Å². The van der Waals surface area contributed by atoms with Gasteiger partial charge in [0.15, 0.2) is 0 Å². The van der Waals surface area contributed by atoms with Gasteiger partial charge in [0.2, 0.25) is 5.91 Å². The van der Waals surface area contributed by atoms with Crippen LogP contribution in [0.1, 0.15) is 39.0 Å². The van der Waals surface area contributed by atoms with Gasteiger partial charge in [-0.3, -0.25) is 4.79 Å². The molecule has 3 heteroatoms. The SMILES string of the molecule is CCCCCCCNC(=O)CO. The molecule has 0 aliphatic carbocycles. The molecule has 3 nitrogen and oxygen atoms in total. The van der Waals surface area contributed by atoms with Crippen molar-refractivity contribution >= 4 is 5.91 Å². The van der Waals surface area contributed by atoms with Gasteiger partial charge >= 0.3 is 0 Å². The third-order valence-electron chi connectivity index (χ3n) is 1.75. The van der Waals surface area contributed by atoms with E-state index in [1.54, 1.807) is 0 Å². The van der Waals surface area contributed by atoms with Crippen molar-refractivity contribution in [3.63, 3.8) is 0 Å². The Morgan fingerprint density at radius 2 is 1.92 bits per heavy atom. The molecule has 0 rings (SSSR count). The minimum Gasteiger partial charge on any atom is -0.387 e. The number of amides is 1. The lowest BCUT2D eigenvalue weighted by atomic mass is 10.1. The van der Waals surface area contributed by atoms with Gasteiger partial charge in [0.25, 0.3) is 0 Å². The number of aliphatic hydroxyl groups is 1. The minimum atomic E-state index is -0.394.